The number of ether oxygens (including phenoxy) is 2. The molecule has 2 aromatic heterocycles. The maximum absolute atomic E-state index is 10.1. The van der Waals surface area contributed by atoms with Crippen molar-refractivity contribution in [3.8, 4) is 41.0 Å². The van der Waals surface area contributed by atoms with Gasteiger partial charge in [0.05, 0.1) is 23.3 Å². The van der Waals surface area contributed by atoms with Crippen LogP contribution < -0.4 is 19.3 Å². The molecule has 8 nitrogen and oxygen atoms in total. The minimum atomic E-state index is -0.956. The summed E-state index contributed by atoms with van der Waals surface area (Å²) in [4.78, 5) is 8.92. The Morgan fingerprint density at radius 2 is 1.45 bits per heavy atom. The van der Waals surface area contributed by atoms with E-state index in [1.807, 2.05) is 73.8 Å². The molecular formula is C46H25N6O2Pt-3. The first-order valence-corrected chi connectivity index (χ1v) is 17.5. The number of benzene rings is 6. The van der Waals surface area contributed by atoms with E-state index in [0.29, 0.717) is 34.1 Å². The van der Waals surface area contributed by atoms with Gasteiger partial charge in [-0.3, -0.25) is 0 Å². The molecule has 1 spiro atoms. The van der Waals surface area contributed by atoms with Crippen molar-refractivity contribution in [1.82, 2.24) is 9.55 Å². The van der Waals surface area contributed by atoms with Gasteiger partial charge in [-0.15, -0.1) is 35.2 Å². The van der Waals surface area contributed by atoms with Crippen molar-refractivity contribution in [2.75, 3.05) is 16.8 Å². The van der Waals surface area contributed by atoms with Gasteiger partial charge in [-0.05, 0) is 78.7 Å². The zero-order valence-electron chi connectivity index (χ0n) is 29.0. The molecule has 6 aromatic carbocycles. The van der Waals surface area contributed by atoms with Crippen LogP contribution >= 0.6 is 0 Å². The van der Waals surface area contributed by atoms with Gasteiger partial charge in [0.25, 0.3) is 0 Å². The van der Waals surface area contributed by atoms with Crippen LogP contribution in [-0.2, 0) is 26.5 Å². The zero-order valence-corrected chi connectivity index (χ0v) is 31.3. The second-order valence-electron chi connectivity index (χ2n) is 13.6. The molecule has 11 rings (SSSR count). The first-order valence-electron chi connectivity index (χ1n) is 17.5. The SMILES string of the molecule is CN1[CH-]N2c3[c-]c(Oc4[c-]c5c(cc4)c4ccccc4n5-c4ccccn4)ccc3C3(c4cc(C#N)ccc4Oc4ccc(C#N)cc43)c3cccc1c32.[Pt]. The van der Waals surface area contributed by atoms with Gasteiger partial charge in [-0.25, -0.2) is 4.98 Å². The van der Waals surface area contributed by atoms with Gasteiger partial charge in [0.2, 0.25) is 0 Å². The Labute approximate surface area is 330 Å². The fraction of sp³-hybridized carbons (Fsp3) is 0.0435. The van der Waals surface area contributed by atoms with Crippen LogP contribution in [-0.4, -0.2) is 16.6 Å². The Kier molecular flexibility index (Phi) is 7.20. The normalized spacial score (nSPS) is 13.9. The van der Waals surface area contributed by atoms with Crippen molar-refractivity contribution in [1.29, 1.82) is 10.5 Å². The van der Waals surface area contributed by atoms with E-state index in [2.05, 4.69) is 92.8 Å². The summed E-state index contributed by atoms with van der Waals surface area (Å²) < 4.78 is 15.3. The molecule has 9 heteroatoms. The number of rotatable bonds is 3. The van der Waals surface area contributed by atoms with Crippen LogP contribution in [0.4, 0.5) is 17.1 Å². The van der Waals surface area contributed by atoms with Crippen molar-refractivity contribution >= 4 is 38.9 Å². The van der Waals surface area contributed by atoms with Crippen LogP contribution in [0, 0.1) is 41.5 Å². The first kappa shape index (κ1) is 32.8. The second kappa shape index (κ2) is 12.1. The van der Waals surface area contributed by atoms with Gasteiger partial charge < -0.3 is 23.8 Å². The number of anilines is 3. The van der Waals surface area contributed by atoms with Crippen LogP contribution in [0.15, 0.2) is 128 Å². The summed E-state index contributed by atoms with van der Waals surface area (Å²) >= 11 is 0. The Bertz CT molecular complexity index is 2930. The molecule has 8 aromatic rings. The van der Waals surface area contributed by atoms with Gasteiger partial charge in [-0.1, -0.05) is 47.6 Å². The minimum absolute atomic E-state index is 0. The summed E-state index contributed by atoms with van der Waals surface area (Å²) in [5, 5.41) is 22.4. The largest absolute Gasteiger partial charge is 0.509 e. The van der Waals surface area contributed by atoms with Crippen molar-refractivity contribution in [3.63, 3.8) is 0 Å². The number of fused-ring (bicyclic) bond motifs is 11. The molecule has 0 amide bonds. The molecule has 3 aliphatic rings. The number of nitrogens with zero attached hydrogens (tertiary/aromatic N) is 6. The fourth-order valence-electron chi connectivity index (χ4n) is 8.58. The van der Waals surface area contributed by atoms with E-state index in [1.54, 1.807) is 18.3 Å². The van der Waals surface area contributed by atoms with Crippen molar-refractivity contribution in [2.45, 2.75) is 5.41 Å². The second-order valence-corrected chi connectivity index (χ2v) is 13.6. The Hall–Kier alpha value is -6.86. The molecule has 0 saturated heterocycles. The summed E-state index contributed by atoms with van der Waals surface area (Å²) in [6, 6.07) is 51.4. The van der Waals surface area contributed by atoms with Crippen LogP contribution in [0.5, 0.6) is 23.0 Å². The average molecular weight is 889 g/mol. The number of aromatic nitrogens is 2. The molecule has 264 valence electrons. The van der Waals surface area contributed by atoms with Gasteiger partial charge in [0.1, 0.15) is 17.3 Å². The number of hydrogen-bond acceptors (Lipinski definition) is 7. The first-order chi connectivity index (χ1) is 26.6. The monoisotopic (exact) mass is 888 g/mol. The third kappa shape index (κ3) is 4.50. The standard InChI is InChI=1S/C46H25N6O2.Pt/c1-50-27-51-41-24-31(53-30-14-16-33-32-7-2-3-9-38(32)52(40(33)23-30)44-11-4-5-20-49-44)15-17-34(41)46(35-8-6-10-39(50)45(35)51)36-21-28(25-47)12-18-42(36)54-43-19-13-29(26-48)22-37(43)46;/h2-22,27H,1H3;/q-3;. The molecule has 0 aliphatic carbocycles. The molecule has 5 heterocycles. The summed E-state index contributed by atoms with van der Waals surface area (Å²) in [7, 11) is 2.03. The number of pyridine rings is 1. The molecule has 0 bridgehead atoms. The molecule has 3 aliphatic heterocycles. The summed E-state index contributed by atoms with van der Waals surface area (Å²) in [6.07, 6.45) is 1.79. The van der Waals surface area contributed by atoms with Gasteiger partial charge in [-0.2, -0.15) is 29.3 Å². The van der Waals surface area contributed by atoms with Gasteiger partial charge in [0.15, 0.2) is 0 Å². The van der Waals surface area contributed by atoms with Crippen LogP contribution in [0.1, 0.15) is 33.4 Å². The van der Waals surface area contributed by atoms with E-state index in [9.17, 15) is 10.5 Å². The minimum Gasteiger partial charge on any atom is -0.509 e. The van der Waals surface area contributed by atoms with Crippen LogP contribution in [0.3, 0.4) is 0 Å². The quantitative estimate of drug-likeness (QED) is 0.163. The molecule has 0 fully saturated rings. The number of hydrogen-bond donors (Lipinski definition) is 0. The maximum atomic E-state index is 10.1. The van der Waals surface area contributed by atoms with E-state index >= 15 is 0 Å². The Morgan fingerprint density at radius 1 is 0.727 bits per heavy atom. The van der Waals surface area contributed by atoms with Crippen LogP contribution in [0.2, 0.25) is 0 Å². The predicted molar refractivity (Wildman–Crippen MR) is 205 cm³/mol. The summed E-state index contributed by atoms with van der Waals surface area (Å²) in [6.45, 7) is 2.06. The van der Waals surface area contributed by atoms with E-state index in [0.717, 1.165) is 66.9 Å². The molecule has 0 N–H and O–H groups in total. The maximum Gasteiger partial charge on any atom is 0.135 e. The molecule has 0 atom stereocenters. The predicted octanol–water partition coefficient (Wildman–Crippen LogP) is 9.82. The van der Waals surface area contributed by atoms with Crippen LogP contribution in [0.25, 0.3) is 27.6 Å². The fourth-order valence-corrected chi connectivity index (χ4v) is 8.58. The third-order valence-electron chi connectivity index (χ3n) is 10.8. The van der Waals surface area contributed by atoms with Gasteiger partial charge in [0, 0.05) is 72.2 Å². The third-order valence-corrected chi connectivity index (χ3v) is 10.8. The Balaban J connectivity index is 0.00000372. The van der Waals surface area contributed by atoms with E-state index in [1.165, 1.54) is 0 Å². The number of nitriles is 2. The summed E-state index contributed by atoms with van der Waals surface area (Å²) in [5.41, 5.74) is 8.28. The number of para-hydroxylation sites is 2. The topological polar surface area (TPSA) is 90.3 Å². The molecule has 0 radical (unpaired) electrons. The molecule has 0 unspecified atom stereocenters. The van der Waals surface area contributed by atoms with Crippen molar-refractivity contribution < 1.29 is 30.5 Å². The van der Waals surface area contributed by atoms with Crippen molar-refractivity contribution in [2.24, 2.45) is 0 Å². The summed E-state index contributed by atoms with van der Waals surface area (Å²) in [5.74, 6) is 3.12. The van der Waals surface area contributed by atoms with Crippen molar-refractivity contribution in [3.05, 3.63) is 180 Å². The average Bonchev–Trinajstić information content (AvgIpc) is 3.74. The van der Waals surface area contributed by atoms with E-state index in [-0.39, 0.29) is 21.1 Å². The molecule has 55 heavy (non-hydrogen) atoms. The zero-order chi connectivity index (χ0) is 36.1. The van der Waals surface area contributed by atoms with Gasteiger partial charge >= 0.3 is 0 Å². The van der Waals surface area contributed by atoms with E-state index < -0.39 is 5.41 Å². The van der Waals surface area contributed by atoms with E-state index in [4.69, 9.17) is 9.47 Å². The molecule has 0 saturated carbocycles. The smallest absolute Gasteiger partial charge is 0.135 e. The molecular weight excluding hydrogens is 864 g/mol. The Morgan fingerprint density at radius 3 is 2.20 bits per heavy atom.